The molecule has 0 bridgehead atoms. The first-order chi connectivity index (χ1) is 12.2. The van der Waals surface area contributed by atoms with E-state index in [0.29, 0.717) is 16.8 Å². The highest BCUT2D eigenvalue weighted by Crippen LogP contribution is 2.26. The highest BCUT2D eigenvalue weighted by molar-refractivity contribution is 6.08. The van der Waals surface area contributed by atoms with Crippen molar-refractivity contribution in [1.29, 1.82) is 0 Å². The van der Waals surface area contributed by atoms with Crippen molar-refractivity contribution in [2.24, 2.45) is 0 Å². The molecule has 0 fully saturated rings. The molecule has 0 aromatic heterocycles. The van der Waals surface area contributed by atoms with Crippen molar-refractivity contribution in [2.45, 2.75) is 0 Å². The van der Waals surface area contributed by atoms with E-state index in [2.05, 4.69) is 5.32 Å². The third-order valence-corrected chi connectivity index (χ3v) is 3.82. The molecule has 0 atom stereocenters. The maximum absolute atomic E-state index is 12.5. The fraction of sp³-hybridized carbons (Fsp3) is 0.0476. The van der Waals surface area contributed by atoms with E-state index in [1.165, 1.54) is 7.11 Å². The number of esters is 1. The van der Waals surface area contributed by atoms with E-state index >= 15 is 0 Å². The Bertz CT molecular complexity index is 890. The predicted molar refractivity (Wildman–Crippen MR) is 97.6 cm³/mol. The van der Waals surface area contributed by atoms with Gasteiger partial charge in [-0.3, -0.25) is 4.79 Å². The summed E-state index contributed by atoms with van der Waals surface area (Å²) in [6.45, 7) is 0. The Balaban J connectivity index is 1.99. The Labute approximate surface area is 146 Å². The van der Waals surface area contributed by atoms with E-state index in [-0.39, 0.29) is 5.91 Å². The van der Waals surface area contributed by atoms with Gasteiger partial charge in [0.15, 0.2) is 0 Å². The van der Waals surface area contributed by atoms with Crippen molar-refractivity contribution in [3.05, 3.63) is 90.0 Å². The van der Waals surface area contributed by atoms with Crippen molar-refractivity contribution in [2.75, 3.05) is 12.4 Å². The van der Waals surface area contributed by atoms with Crippen molar-refractivity contribution in [3.8, 4) is 11.1 Å². The number of carbonyl (C=O) groups is 2. The van der Waals surface area contributed by atoms with E-state index in [9.17, 15) is 9.59 Å². The first-order valence-corrected chi connectivity index (χ1v) is 7.83. The minimum atomic E-state index is -0.497. The third-order valence-electron chi connectivity index (χ3n) is 3.82. The number of methoxy groups -OCH3 is 1. The highest BCUT2D eigenvalue weighted by atomic mass is 16.5. The minimum absolute atomic E-state index is 0.282. The Morgan fingerprint density at radius 2 is 1.44 bits per heavy atom. The highest BCUT2D eigenvalue weighted by Gasteiger charge is 2.16. The number of benzene rings is 3. The molecule has 1 N–H and O–H groups in total. The molecule has 0 saturated heterocycles. The van der Waals surface area contributed by atoms with Gasteiger partial charge in [0.05, 0.1) is 18.4 Å². The second-order valence-corrected chi connectivity index (χ2v) is 5.44. The van der Waals surface area contributed by atoms with Gasteiger partial charge < -0.3 is 10.1 Å². The number of amides is 1. The number of anilines is 1. The van der Waals surface area contributed by atoms with E-state index in [1.54, 1.807) is 36.4 Å². The lowest BCUT2D eigenvalue weighted by Crippen LogP contribution is -2.15. The quantitative estimate of drug-likeness (QED) is 0.721. The van der Waals surface area contributed by atoms with Crippen LogP contribution in [0.15, 0.2) is 78.9 Å². The van der Waals surface area contributed by atoms with Gasteiger partial charge in [-0.2, -0.15) is 0 Å². The summed E-state index contributed by atoms with van der Waals surface area (Å²) in [6, 6.07) is 23.9. The SMILES string of the molecule is COC(=O)c1ccc(-c2ccccc2)cc1NC(=O)c1ccccc1. The van der Waals surface area contributed by atoms with Crippen LogP contribution in [-0.2, 0) is 4.74 Å². The van der Waals surface area contributed by atoms with Crippen LogP contribution in [0.4, 0.5) is 5.69 Å². The maximum atomic E-state index is 12.5. The molecule has 4 heteroatoms. The van der Waals surface area contributed by atoms with Crippen LogP contribution in [0.2, 0.25) is 0 Å². The molecule has 0 spiro atoms. The molecule has 0 aliphatic heterocycles. The van der Waals surface area contributed by atoms with Crippen molar-refractivity contribution < 1.29 is 14.3 Å². The predicted octanol–water partition coefficient (Wildman–Crippen LogP) is 4.39. The molecule has 0 unspecified atom stereocenters. The van der Waals surface area contributed by atoms with Crippen molar-refractivity contribution >= 4 is 17.6 Å². The summed E-state index contributed by atoms with van der Waals surface area (Å²) < 4.78 is 4.82. The summed E-state index contributed by atoms with van der Waals surface area (Å²) in [7, 11) is 1.32. The van der Waals surface area contributed by atoms with Crippen LogP contribution in [0.3, 0.4) is 0 Å². The number of hydrogen-bond donors (Lipinski definition) is 1. The fourth-order valence-corrected chi connectivity index (χ4v) is 2.53. The van der Waals surface area contributed by atoms with E-state index in [1.807, 2.05) is 42.5 Å². The molecule has 3 rings (SSSR count). The van der Waals surface area contributed by atoms with Crippen LogP contribution in [-0.4, -0.2) is 19.0 Å². The molecule has 4 nitrogen and oxygen atoms in total. The van der Waals surface area contributed by atoms with Crippen molar-refractivity contribution in [1.82, 2.24) is 0 Å². The Morgan fingerprint density at radius 3 is 2.08 bits per heavy atom. The molecule has 1 amide bonds. The monoisotopic (exact) mass is 331 g/mol. The number of rotatable bonds is 4. The molecule has 124 valence electrons. The summed E-state index contributed by atoms with van der Waals surface area (Å²) in [6.07, 6.45) is 0. The van der Waals surface area contributed by atoms with Gasteiger partial charge in [-0.15, -0.1) is 0 Å². The summed E-state index contributed by atoms with van der Waals surface area (Å²) in [5, 5.41) is 2.81. The number of nitrogens with one attached hydrogen (secondary N) is 1. The number of ether oxygens (including phenoxy) is 1. The van der Waals surface area contributed by atoms with Gasteiger partial charge in [0.25, 0.3) is 5.91 Å². The zero-order valence-corrected chi connectivity index (χ0v) is 13.7. The van der Waals surface area contributed by atoms with Crippen LogP contribution < -0.4 is 5.32 Å². The molecule has 0 radical (unpaired) electrons. The van der Waals surface area contributed by atoms with Gasteiger partial charge >= 0.3 is 5.97 Å². The van der Waals surface area contributed by atoms with Gasteiger partial charge in [-0.05, 0) is 35.4 Å². The van der Waals surface area contributed by atoms with Gasteiger partial charge in [0, 0.05) is 5.56 Å². The van der Waals surface area contributed by atoms with Gasteiger partial charge in [0.2, 0.25) is 0 Å². The lowest BCUT2D eigenvalue weighted by molar-refractivity contribution is 0.0602. The van der Waals surface area contributed by atoms with Crippen LogP contribution in [0.5, 0.6) is 0 Å². The molecule has 3 aromatic carbocycles. The average Bonchev–Trinajstić information content (AvgIpc) is 2.68. The Kier molecular flexibility index (Phi) is 4.90. The third kappa shape index (κ3) is 3.75. The molecule has 0 aliphatic rings. The number of hydrogen-bond acceptors (Lipinski definition) is 3. The normalized spacial score (nSPS) is 10.1. The first-order valence-electron chi connectivity index (χ1n) is 7.83. The maximum Gasteiger partial charge on any atom is 0.339 e. The molecule has 25 heavy (non-hydrogen) atoms. The van der Waals surface area contributed by atoms with Crippen molar-refractivity contribution in [3.63, 3.8) is 0 Å². The van der Waals surface area contributed by atoms with Gasteiger partial charge in [-0.1, -0.05) is 54.6 Å². The second kappa shape index (κ2) is 7.45. The summed E-state index contributed by atoms with van der Waals surface area (Å²) in [5.41, 5.74) is 3.14. The number of carbonyl (C=O) groups excluding carboxylic acids is 2. The second-order valence-electron chi connectivity index (χ2n) is 5.44. The topological polar surface area (TPSA) is 55.4 Å². The van der Waals surface area contributed by atoms with Crippen LogP contribution >= 0.6 is 0 Å². The van der Waals surface area contributed by atoms with Crippen LogP contribution in [0.25, 0.3) is 11.1 Å². The van der Waals surface area contributed by atoms with Crippen LogP contribution in [0, 0.1) is 0 Å². The summed E-state index contributed by atoms with van der Waals surface area (Å²) in [5.74, 6) is -0.779. The lowest BCUT2D eigenvalue weighted by Gasteiger charge is -2.12. The smallest absolute Gasteiger partial charge is 0.339 e. The zero-order chi connectivity index (χ0) is 17.6. The summed E-state index contributed by atoms with van der Waals surface area (Å²) in [4.78, 5) is 24.5. The largest absolute Gasteiger partial charge is 0.465 e. The molecule has 0 aliphatic carbocycles. The molecule has 0 heterocycles. The average molecular weight is 331 g/mol. The molecule has 3 aromatic rings. The lowest BCUT2D eigenvalue weighted by atomic mass is 10.0. The van der Waals surface area contributed by atoms with Gasteiger partial charge in [-0.25, -0.2) is 4.79 Å². The Morgan fingerprint density at radius 1 is 0.800 bits per heavy atom. The van der Waals surface area contributed by atoms with E-state index in [4.69, 9.17) is 4.74 Å². The molecular formula is C21H17NO3. The standard InChI is InChI=1S/C21H17NO3/c1-25-21(24)18-13-12-17(15-8-4-2-5-9-15)14-19(18)22-20(23)16-10-6-3-7-11-16/h2-14H,1H3,(H,22,23). The fourth-order valence-electron chi connectivity index (χ4n) is 2.53. The van der Waals surface area contributed by atoms with E-state index < -0.39 is 5.97 Å². The van der Waals surface area contributed by atoms with Gasteiger partial charge in [0.1, 0.15) is 0 Å². The van der Waals surface area contributed by atoms with Crippen LogP contribution in [0.1, 0.15) is 20.7 Å². The molecular weight excluding hydrogens is 314 g/mol. The summed E-state index contributed by atoms with van der Waals surface area (Å²) >= 11 is 0. The van der Waals surface area contributed by atoms with E-state index in [0.717, 1.165) is 11.1 Å². The zero-order valence-electron chi connectivity index (χ0n) is 13.7. The molecule has 0 saturated carbocycles. The minimum Gasteiger partial charge on any atom is -0.465 e. The first kappa shape index (κ1) is 16.5. The Hall–Kier alpha value is -3.40.